The number of aromatic nitrogens is 3. The number of ether oxygens (including phenoxy) is 1. The summed E-state index contributed by atoms with van der Waals surface area (Å²) in [6.07, 6.45) is 4.46. The van der Waals surface area contributed by atoms with Crippen molar-refractivity contribution in [3.63, 3.8) is 0 Å². The van der Waals surface area contributed by atoms with E-state index in [-0.39, 0.29) is 0 Å². The molecule has 0 amide bonds. The summed E-state index contributed by atoms with van der Waals surface area (Å²) in [5.41, 5.74) is 5.47. The van der Waals surface area contributed by atoms with Crippen molar-refractivity contribution in [1.82, 2.24) is 19.9 Å². The molecule has 6 nitrogen and oxygen atoms in total. The molecule has 0 aliphatic rings. The van der Waals surface area contributed by atoms with Crippen molar-refractivity contribution < 1.29 is 9.53 Å². The fourth-order valence-electron chi connectivity index (χ4n) is 3.79. The molecule has 34 heavy (non-hydrogen) atoms. The number of rotatable bonds is 8. The van der Waals surface area contributed by atoms with Crippen LogP contribution >= 0.6 is 11.3 Å². The molecule has 0 aliphatic carbocycles. The maximum absolute atomic E-state index is 11.3. The fraction of sp³-hybridized carbons (Fsp3) is 0.148. The maximum Gasteiger partial charge on any atom is 0.151 e. The third kappa shape index (κ3) is 4.48. The average molecular weight is 469 g/mol. The number of nitrogens with one attached hydrogen (secondary N) is 1. The quantitative estimate of drug-likeness (QED) is 0.293. The number of aldehydes is 1. The number of pyridine rings is 1. The molecule has 0 aliphatic heterocycles. The Bertz CT molecular complexity index is 1420. The minimum absolute atomic E-state index is 0.639. The number of hydrogen-bond acceptors (Lipinski definition) is 6. The van der Waals surface area contributed by atoms with Gasteiger partial charge < -0.3 is 14.6 Å². The average Bonchev–Trinajstić information content (AvgIpc) is 3.49. The first kappa shape index (κ1) is 22.0. The third-order valence-corrected chi connectivity index (χ3v) is 6.58. The van der Waals surface area contributed by atoms with Gasteiger partial charge in [0.1, 0.15) is 18.2 Å². The van der Waals surface area contributed by atoms with Crippen LogP contribution < -0.4 is 4.74 Å². The molecular weight excluding hydrogens is 444 g/mol. The van der Waals surface area contributed by atoms with Gasteiger partial charge in [0, 0.05) is 56.7 Å². The van der Waals surface area contributed by atoms with Crippen molar-refractivity contribution in [3.05, 3.63) is 77.9 Å². The third-order valence-electron chi connectivity index (χ3n) is 5.61. The molecule has 0 saturated carbocycles. The Morgan fingerprint density at radius 1 is 1.00 bits per heavy atom. The summed E-state index contributed by atoms with van der Waals surface area (Å²) in [6, 6.07) is 18.0. The molecule has 1 N–H and O–H groups in total. The minimum atomic E-state index is 0.639. The van der Waals surface area contributed by atoms with Gasteiger partial charge in [0.15, 0.2) is 6.29 Å². The van der Waals surface area contributed by atoms with Gasteiger partial charge in [-0.25, -0.2) is 4.98 Å². The van der Waals surface area contributed by atoms with E-state index in [1.165, 1.54) is 0 Å². The smallest absolute Gasteiger partial charge is 0.151 e. The van der Waals surface area contributed by atoms with E-state index in [1.807, 2.05) is 68.0 Å². The van der Waals surface area contributed by atoms with Crippen LogP contribution in [0.2, 0.25) is 0 Å². The van der Waals surface area contributed by atoms with Gasteiger partial charge in [0.25, 0.3) is 0 Å². The largest absolute Gasteiger partial charge is 0.492 e. The Hall–Kier alpha value is -3.81. The second kappa shape index (κ2) is 9.59. The molecule has 3 heterocycles. The summed E-state index contributed by atoms with van der Waals surface area (Å²) in [5.74, 6) is 1.61. The highest BCUT2D eigenvalue weighted by molar-refractivity contribution is 7.17. The Kier molecular flexibility index (Phi) is 6.20. The number of benzene rings is 2. The number of H-pyrrole nitrogens is 1. The SMILES string of the molecule is CN(C)CCOc1ccc(-c2nc(-c3ccc4c(C=O)csc4c3)c(-c3ccncc3)[nH]2)cc1. The second-order valence-electron chi connectivity index (χ2n) is 8.24. The van der Waals surface area contributed by atoms with E-state index in [0.29, 0.717) is 6.61 Å². The Morgan fingerprint density at radius 3 is 2.50 bits per heavy atom. The monoisotopic (exact) mass is 468 g/mol. The van der Waals surface area contributed by atoms with Crippen LogP contribution in [0.1, 0.15) is 10.4 Å². The molecule has 3 aromatic heterocycles. The number of imidazole rings is 1. The van der Waals surface area contributed by atoms with Gasteiger partial charge in [-0.2, -0.15) is 0 Å². The summed E-state index contributed by atoms with van der Waals surface area (Å²) in [6.45, 7) is 1.50. The van der Waals surface area contributed by atoms with Crippen molar-refractivity contribution in [2.75, 3.05) is 27.2 Å². The van der Waals surface area contributed by atoms with Crippen LogP contribution in [0, 0.1) is 0 Å². The fourth-order valence-corrected chi connectivity index (χ4v) is 4.73. The summed E-state index contributed by atoms with van der Waals surface area (Å²) < 4.78 is 6.88. The van der Waals surface area contributed by atoms with Crippen LogP contribution in [0.4, 0.5) is 0 Å². The molecule has 0 spiro atoms. The molecule has 2 aromatic carbocycles. The number of hydrogen-bond donors (Lipinski definition) is 1. The number of likely N-dealkylation sites (N-methyl/N-ethyl adjacent to an activating group) is 1. The van der Waals surface area contributed by atoms with E-state index in [2.05, 4.69) is 20.9 Å². The molecular formula is C27H24N4O2S. The number of nitrogens with zero attached hydrogens (tertiary/aromatic N) is 3. The van der Waals surface area contributed by atoms with Crippen LogP contribution in [0.25, 0.3) is 44.0 Å². The van der Waals surface area contributed by atoms with Crippen molar-refractivity contribution in [2.45, 2.75) is 0 Å². The molecule has 0 unspecified atom stereocenters. The predicted octanol–water partition coefficient (Wildman–Crippen LogP) is 5.77. The van der Waals surface area contributed by atoms with E-state index in [9.17, 15) is 4.79 Å². The molecule has 5 aromatic rings. The molecule has 0 fully saturated rings. The zero-order chi connectivity index (χ0) is 23.5. The van der Waals surface area contributed by atoms with E-state index in [4.69, 9.17) is 9.72 Å². The van der Waals surface area contributed by atoms with Crippen molar-refractivity contribution >= 4 is 27.7 Å². The minimum Gasteiger partial charge on any atom is -0.492 e. The first-order valence-electron chi connectivity index (χ1n) is 11.0. The lowest BCUT2D eigenvalue weighted by molar-refractivity contribution is 0.112. The highest BCUT2D eigenvalue weighted by atomic mass is 32.1. The molecule has 0 saturated heterocycles. The zero-order valence-electron chi connectivity index (χ0n) is 19.0. The number of carbonyl (C=O) groups is 1. The van der Waals surface area contributed by atoms with E-state index < -0.39 is 0 Å². The lowest BCUT2D eigenvalue weighted by Crippen LogP contribution is -2.19. The second-order valence-corrected chi connectivity index (χ2v) is 9.15. The van der Waals surface area contributed by atoms with Crippen LogP contribution in [-0.4, -0.2) is 53.4 Å². The van der Waals surface area contributed by atoms with Crippen molar-refractivity contribution in [1.29, 1.82) is 0 Å². The number of fused-ring (bicyclic) bond motifs is 1. The molecule has 7 heteroatoms. The number of thiophene rings is 1. The molecule has 170 valence electrons. The van der Waals surface area contributed by atoms with Crippen molar-refractivity contribution in [2.24, 2.45) is 0 Å². The van der Waals surface area contributed by atoms with Gasteiger partial charge in [-0.15, -0.1) is 11.3 Å². The summed E-state index contributed by atoms with van der Waals surface area (Å²) >= 11 is 1.57. The molecule has 5 rings (SSSR count). The van der Waals surface area contributed by atoms with Crippen LogP contribution in [-0.2, 0) is 0 Å². The van der Waals surface area contributed by atoms with Gasteiger partial charge in [-0.3, -0.25) is 9.78 Å². The highest BCUT2D eigenvalue weighted by Gasteiger charge is 2.16. The van der Waals surface area contributed by atoms with Crippen LogP contribution in [0.3, 0.4) is 0 Å². The lowest BCUT2D eigenvalue weighted by atomic mass is 10.0. The number of aromatic amines is 1. The van der Waals surface area contributed by atoms with Crippen LogP contribution in [0.5, 0.6) is 5.75 Å². The molecule has 0 bridgehead atoms. The Morgan fingerprint density at radius 2 is 1.76 bits per heavy atom. The highest BCUT2D eigenvalue weighted by Crippen LogP contribution is 2.36. The number of carbonyl (C=O) groups excluding carboxylic acids is 1. The van der Waals surface area contributed by atoms with E-state index in [1.54, 1.807) is 23.7 Å². The molecule has 0 radical (unpaired) electrons. The normalized spacial score (nSPS) is 11.3. The zero-order valence-corrected chi connectivity index (χ0v) is 19.8. The first-order valence-corrected chi connectivity index (χ1v) is 11.9. The van der Waals surface area contributed by atoms with Crippen molar-refractivity contribution in [3.8, 4) is 39.7 Å². The first-order chi connectivity index (χ1) is 16.6. The van der Waals surface area contributed by atoms with Gasteiger partial charge in [0.2, 0.25) is 0 Å². The van der Waals surface area contributed by atoms with Gasteiger partial charge in [0.05, 0.1) is 11.4 Å². The molecule has 0 atom stereocenters. The standard InChI is InChI=1S/C27H24N4O2S/c1-31(2)13-14-33-22-6-3-19(4-7-22)27-29-25(18-9-11-28-12-10-18)26(30-27)20-5-8-23-21(16-32)17-34-24(23)15-20/h3-12,15-17H,13-14H2,1-2H3,(H,29,30). The van der Waals surface area contributed by atoms with Crippen LogP contribution in [0.15, 0.2) is 72.4 Å². The lowest BCUT2D eigenvalue weighted by Gasteiger charge is -2.11. The summed E-state index contributed by atoms with van der Waals surface area (Å²) in [4.78, 5) is 26.1. The van der Waals surface area contributed by atoms with Gasteiger partial charge in [-0.05, 0) is 56.6 Å². The van der Waals surface area contributed by atoms with E-state index >= 15 is 0 Å². The Balaban J connectivity index is 1.52. The summed E-state index contributed by atoms with van der Waals surface area (Å²) in [5, 5.41) is 2.86. The van der Waals surface area contributed by atoms with Gasteiger partial charge >= 0.3 is 0 Å². The summed E-state index contributed by atoms with van der Waals surface area (Å²) in [7, 11) is 4.05. The predicted molar refractivity (Wildman–Crippen MR) is 138 cm³/mol. The van der Waals surface area contributed by atoms with E-state index in [0.717, 1.165) is 68.1 Å². The van der Waals surface area contributed by atoms with Gasteiger partial charge in [-0.1, -0.05) is 12.1 Å². The maximum atomic E-state index is 11.3. The topological polar surface area (TPSA) is 71.1 Å². The Labute approximate surface area is 201 Å².